The van der Waals surface area contributed by atoms with Crippen LogP contribution in [0.4, 0.5) is 5.69 Å². The number of hydrogen-bond donors (Lipinski definition) is 0. The average molecular weight is 284 g/mol. The molecular weight excluding hydrogens is 268 g/mol. The van der Waals surface area contributed by atoms with Gasteiger partial charge in [-0.25, -0.2) is 4.90 Å². The van der Waals surface area contributed by atoms with Gasteiger partial charge in [-0.1, -0.05) is 18.2 Å². The summed E-state index contributed by atoms with van der Waals surface area (Å²) in [7, 11) is 0. The van der Waals surface area contributed by atoms with Gasteiger partial charge in [0.05, 0.1) is 11.3 Å². The summed E-state index contributed by atoms with van der Waals surface area (Å²) < 4.78 is 0. The number of amides is 3. The fraction of sp³-hybridized carbons (Fsp3) is 0.312. The first-order chi connectivity index (χ1) is 10.1. The number of imide groups is 1. The Balaban J connectivity index is 2.18. The van der Waals surface area contributed by atoms with E-state index in [0.717, 1.165) is 11.3 Å². The van der Waals surface area contributed by atoms with Gasteiger partial charge in [-0.2, -0.15) is 0 Å². The van der Waals surface area contributed by atoms with Gasteiger partial charge >= 0.3 is 0 Å². The monoisotopic (exact) mass is 284 g/mol. The van der Waals surface area contributed by atoms with Gasteiger partial charge in [0.25, 0.3) is 17.7 Å². The lowest BCUT2D eigenvalue weighted by Gasteiger charge is -2.23. The summed E-state index contributed by atoms with van der Waals surface area (Å²) in [4.78, 5) is 40.4. The van der Waals surface area contributed by atoms with Crippen LogP contribution in [0.5, 0.6) is 0 Å². The van der Waals surface area contributed by atoms with Crippen molar-refractivity contribution >= 4 is 23.4 Å². The molecule has 108 valence electrons. The Bertz CT molecular complexity index is 651. The van der Waals surface area contributed by atoms with E-state index in [9.17, 15) is 14.4 Å². The van der Waals surface area contributed by atoms with Gasteiger partial charge in [-0.05, 0) is 38.0 Å². The predicted octanol–water partition coefficient (Wildman–Crippen LogP) is 1.74. The molecule has 0 saturated carbocycles. The average Bonchev–Trinajstić information content (AvgIpc) is 2.94. The molecule has 1 atom stereocenters. The van der Waals surface area contributed by atoms with E-state index in [4.69, 9.17) is 0 Å². The van der Waals surface area contributed by atoms with Crippen molar-refractivity contribution in [1.82, 2.24) is 4.90 Å². The Hall–Kier alpha value is -2.43. The number of anilines is 1. The minimum Gasteiger partial charge on any atom is -0.327 e. The maximum absolute atomic E-state index is 12.7. The molecule has 1 fully saturated rings. The Morgan fingerprint density at radius 1 is 1.29 bits per heavy atom. The second kappa shape index (κ2) is 5.16. The lowest BCUT2D eigenvalue weighted by atomic mass is 10.1. The smallest absolute Gasteiger partial charge is 0.257 e. The summed E-state index contributed by atoms with van der Waals surface area (Å²) in [5.74, 6) is -0.886. The molecule has 1 aromatic carbocycles. The summed E-state index contributed by atoms with van der Waals surface area (Å²) in [6.07, 6.45) is 4.34. The van der Waals surface area contributed by atoms with Gasteiger partial charge in [-0.15, -0.1) is 0 Å². The summed E-state index contributed by atoms with van der Waals surface area (Å²) in [6.45, 7) is 2.29. The second-order valence-corrected chi connectivity index (χ2v) is 5.19. The molecular formula is C16H16N2O3. The van der Waals surface area contributed by atoms with E-state index in [1.807, 2.05) is 0 Å². The third kappa shape index (κ3) is 2.05. The third-order valence-corrected chi connectivity index (χ3v) is 3.92. The lowest BCUT2D eigenvalue weighted by Crippen LogP contribution is -2.46. The molecule has 0 bridgehead atoms. The van der Waals surface area contributed by atoms with Crippen molar-refractivity contribution in [3.8, 4) is 0 Å². The van der Waals surface area contributed by atoms with Gasteiger partial charge in [-0.3, -0.25) is 14.4 Å². The summed E-state index contributed by atoms with van der Waals surface area (Å²) in [5, 5.41) is 0. The molecule has 5 heteroatoms. The highest BCUT2D eigenvalue weighted by atomic mass is 16.2. The zero-order valence-corrected chi connectivity index (χ0v) is 11.8. The van der Waals surface area contributed by atoms with Crippen molar-refractivity contribution < 1.29 is 14.4 Å². The summed E-state index contributed by atoms with van der Waals surface area (Å²) >= 11 is 0. The van der Waals surface area contributed by atoms with Gasteiger partial charge in [0.2, 0.25) is 0 Å². The number of carbonyl (C=O) groups excluding carboxylic acids is 3. The Kier molecular flexibility index (Phi) is 3.33. The highest BCUT2D eigenvalue weighted by Crippen LogP contribution is 2.32. The van der Waals surface area contributed by atoms with Crippen molar-refractivity contribution in [3.05, 3.63) is 42.0 Å². The number of hydrogen-bond acceptors (Lipinski definition) is 3. The number of rotatable bonds is 1. The Labute approximate surface area is 122 Å². The predicted molar refractivity (Wildman–Crippen MR) is 77.8 cm³/mol. The highest BCUT2D eigenvalue weighted by molar-refractivity contribution is 6.24. The molecule has 3 amide bonds. The molecule has 5 nitrogen and oxygen atoms in total. The molecule has 0 radical (unpaired) electrons. The Morgan fingerprint density at radius 3 is 2.81 bits per heavy atom. The molecule has 0 unspecified atom stereocenters. The molecule has 0 N–H and O–H groups in total. The van der Waals surface area contributed by atoms with Crippen LogP contribution < -0.4 is 4.90 Å². The molecule has 1 aromatic rings. The second-order valence-electron chi connectivity index (χ2n) is 5.19. The number of para-hydroxylation sites is 1. The maximum Gasteiger partial charge on any atom is 0.257 e. The van der Waals surface area contributed by atoms with Crippen LogP contribution in [0.3, 0.4) is 0 Å². The van der Waals surface area contributed by atoms with Crippen molar-refractivity contribution in [2.45, 2.75) is 25.8 Å². The molecule has 1 saturated heterocycles. The van der Waals surface area contributed by atoms with Crippen LogP contribution in [0.25, 0.3) is 0 Å². The topological polar surface area (TPSA) is 57.7 Å². The summed E-state index contributed by atoms with van der Waals surface area (Å²) in [5.41, 5.74) is 0.790. The zero-order valence-electron chi connectivity index (χ0n) is 11.8. The zero-order chi connectivity index (χ0) is 15.0. The molecule has 0 aliphatic carbocycles. The minimum atomic E-state index is -0.529. The highest BCUT2D eigenvalue weighted by Gasteiger charge is 2.43. The van der Waals surface area contributed by atoms with Crippen LogP contribution in [0.1, 0.15) is 30.1 Å². The van der Waals surface area contributed by atoms with Crippen LogP contribution in [0, 0.1) is 0 Å². The minimum absolute atomic E-state index is 0.169. The normalized spacial score (nSPS) is 21.5. The van der Waals surface area contributed by atoms with Gasteiger partial charge in [0.1, 0.15) is 6.04 Å². The van der Waals surface area contributed by atoms with Crippen LogP contribution in [-0.2, 0) is 9.59 Å². The third-order valence-electron chi connectivity index (χ3n) is 3.92. The summed E-state index contributed by atoms with van der Waals surface area (Å²) in [6, 6.07) is 6.26. The Morgan fingerprint density at radius 2 is 2.05 bits per heavy atom. The van der Waals surface area contributed by atoms with Crippen molar-refractivity contribution in [1.29, 1.82) is 0 Å². The number of nitrogens with zero attached hydrogens (tertiary/aromatic N) is 2. The van der Waals surface area contributed by atoms with E-state index in [1.165, 1.54) is 6.08 Å². The number of fused-ring (bicyclic) bond motifs is 2. The van der Waals surface area contributed by atoms with Gasteiger partial charge in [0.15, 0.2) is 0 Å². The van der Waals surface area contributed by atoms with Crippen molar-refractivity contribution in [3.63, 3.8) is 0 Å². The molecule has 2 aliphatic rings. The number of carbonyl (C=O) groups is 3. The van der Waals surface area contributed by atoms with Gasteiger partial charge < -0.3 is 4.90 Å². The fourth-order valence-corrected chi connectivity index (χ4v) is 2.98. The first kappa shape index (κ1) is 13.5. The first-order valence-electron chi connectivity index (χ1n) is 7.05. The van der Waals surface area contributed by atoms with E-state index in [1.54, 1.807) is 42.2 Å². The van der Waals surface area contributed by atoms with Crippen LogP contribution in [0.2, 0.25) is 0 Å². The SMILES string of the molecule is C/C=C/C(=O)N1C(=O)[C@H]2CCCN2C(=O)c2ccccc21. The van der Waals surface area contributed by atoms with E-state index < -0.39 is 11.9 Å². The molecule has 2 heterocycles. The van der Waals surface area contributed by atoms with Crippen molar-refractivity contribution in [2.24, 2.45) is 0 Å². The molecule has 2 aliphatic heterocycles. The fourth-order valence-electron chi connectivity index (χ4n) is 2.98. The van der Waals surface area contributed by atoms with Crippen molar-refractivity contribution in [2.75, 3.05) is 11.4 Å². The van der Waals surface area contributed by atoms with E-state index >= 15 is 0 Å². The van der Waals surface area contributed by atoms with Gasteiger partial charge in [0, 0.05) is 6.54 Å². The number of allylic oxidation sites excluding steroid dienone is 1. The standard InChI is InChI=1S/C16H16N2O3/c1-2-6-14(19)18-12-8-4-3-7-11(12)15(20)17-10-5-9-13(17)16(18)21/h2-4,6-8,13H,5,9-10H2,1H3/b6-2+/t13-/m1/s1. The van der Waals surface area contributed by atoms with E-state index in [0.29, 0.717) is 24.2 Å². The maximum atomic E-state index is 12.7. The molecule has 3 rings (SSSR count). The molecule has 21 heavy (non-hydrogen) atoms. The largest absolute Gasteiger partial charge is 0.327 e. The quantitative estimate of drug-likeness (QED) is 0.738. The number of benzene rings is 1. The molecule has 0 aromatic heterocycles. The lowest BCUT2D eigenvalue weighted by molar-refractivity contribution is -0.126. The molecule has 0 spiro atoms. The van der Waals surface area contributed by atoms with E-state index in [2.05, 4.69) is 0 Å². The van der Waals surface area contributed by atoms with E-state index in [-0.39, 0.29) is 11.8 Å². The van der Waals surface area contributed by atoms with Crippen LogP contribution >= 0.6 is 0 Å². The van der Waals surface area contributed by atoms with Crippen LogP contribution in [0.15, 0.2) is 36.4 Å². The van der Waals surface area contributed by atoms with Crippen LogP contribution in [-0.4, -0.2) is 35.2 Å². The first-order valence-corrected chi connectivity index (χ1v) is 7.05.